The second-order valence-electron chi connectivity index (χ2n) is 9.07. The van der Waals surface area contributed by atoms with E-state index in [1.54, 1.807) is 13.1 Å². The van der Waals surface area contributed by atoms with Crippen LogP contribution in [0.1, 0.15) is 42.7 Å². The van der Waals surface area contributed by atoms with Crippen molar-refractivity contribution in [2.24, 2.45) is 5.92 Å². The van der Waals surface area contributed by atoms with Crippen LogP contribution in [0.25, 0.3) is 11.5 Å². The zero-order chi connectivity index (χ0) is 24.7. The predicted molar refractivity (Wildman–Crippen MR) is 133 cm³/mol. The fraction of sp³-hybridized carbons (Fsp3) is 0.360. The fourth-order valence-corrected chi connectivity index (χ4v) is 7.02. The molecule has 5 rings (SSSR count). The van der Waals surface area contributed by atoms with Crippen LogP contribution in [0.4, 0.5) is 11.4 Å². The number of halogens is 1. The minimum atomic E-state index is -3.91. The first-order valence-corrected chi connectivity index (χ1v) is 13.4. The molecule has 0 bridgehead atoms. The molecule has 0 spiro atoms. The van der Waals surface area contributed by atoms with Gasteiger partial charge in [0.2, 0.25) is 21.7 Å². The Balaban J connectivity index is 1.69. The number of aromatic carboxylic acids is 1. The van der Waals surface area contributed by atoms with Crippen LogP contribution in [-0.4, -0.2) is 48.4 Å². The molecule has 2 heterocycles. The summed E-state index contributed by atoms with van der Waals surface area (Å²) >= 11 is 6.62. The van der Waals surface area contributed by atoms with Crippen molar-refractivity contribution in [3.05, 3.63) is 59.4 Å². The van der Waals surface area contributed by atoms with Crippen LogP contribution in [0.5, 0.6) is 0 Å². The van der Waals surface area contributed by atoms with Gasteiger partial charge >= 0.3 is 5.97 Å². The van der Waals surface area contributed by atoms with E-state index in [0.29, 0.717) is 12.2 Å². The second kappa shape index (κ2) is 9.29. The van der Waals surface area contributed by atoms with Gasteiger partial charge in [0.1, 0.15) is 4.90 Å². The molecule has 184 valence electrons. The fourth-order valence-electron chi connectivity index (χ4n) is 5.17. The highest BCUT2D eigenvalue weighted by Crippen LogP contribution is 2.44. The van der Waals surface area contributed by atoms with Crippen molar-refractivity contribution in [1.82, 2.24) is 9.29 Å². The average Bonchev–Trinajstić information content (AvgIpc) is 3.33. The topological polar surface area (TPSA) is 104 Å². The molecule has 0 saturated heterocycles. The van der Waals surface area contributed by atoms with Gasteiger partial charge in [0, 0.05) is 25.3 Å². The summed E-state index contributed by atoms with van der Waals surface area (Å²) in [5, 5.41) is 9.42. The summed E-state index contributed by atoms with van der Waals surface area (Å²) < 4.78 is 34.8. The lowest BCUT2D eigenvalue weighted by atomic mass is 9.83. The Labute approximate surface area is 209 Å². The highest BCUT2D eigenvalue weighted by Gasteiger charge is 2.41. The number of carboxylic acid groups (broad SMARTS) is 1. The molecule has 0 radical (unpaired) electrons. The number of sulfonamides is 1. The third-order valence-electron chi connectivity index (χ3n) is 7.04. The van der Waals surface area contributed by atoms with E-state index in [9.17, 15) is 18.3 Å². The minimum absolute atomic E-state index is 0.0487. The molecule has 1 fully saturated rings. The smallest absolute Gasteiger partial charge is 0.373 e. The Morgan fingerprint density at radius 2 is 1.86 bits per heavy atom. The predicted octanol–water partition coefficient (Wildman–Crippen LogP) is 5.41. The molecule has 0 unspecified atom stereocenters. The number of likely N-dealkylation sites (N-methyl/N-ethyl adjacent to an activating group) is 1. The Morgan fingerprint density at radius 1 is 1.14 bits per heavy atom. The van der Waals surface area contributed by atoms with E-state index < -0.39 is 16.0 Å². The largest absolute Gasteiger partial charge is 0.475 e. The number of carboxylic acids is 1. The molecule has 1 aliphatic carbocycles. The summed E-state index contributed by atoms with van der Waals surface area (Å²) in [4.78, 5) is 17.4. The standard InChI is InChI=1S/C25H26ClN3O5S/c1-28-21(16-8-4-2-5-9-16)15-29(17-10-6-3-7-11-17)20-13-19(26)18(12-23(20)35(28,32)33)24-27-14-22(34-24)25(30)31/h3,6-7,10-14,16,21H,2,4-5,8-9,15H2,1H3,(H,30,31)/t21-/m0/s1. The summed E-state index contributed by atoms with van der Waals surface area (Å²) in [6.45, 7) is 0.495. The number of anilines is 2. The third kappa shape index (κ3) is 4.32. The Bertz CT molecular complexity index is 1350. The number of rotatable bonds is 4. The minimum Gasteiger partial charge on any atom is -0.475 e. The molecule has 10 heteroatoms. The number of hydrogen-bond donors (Lipinski definition) is 1. The summed E-state index contributed by atoms with van der Waals surface area (Å²) in [7, 11) is -2.26. The number of hydrogen-bond acceptors (Lipinski definition) is 6. The number of carbonyl (C=O) groups is 1. The van der Waals surface area contributed by atoms with Crippen molar-refractivity contribution in [2.75, 3.05) is 18.5 Å². The molecule has 1 N–H and O–H groups in total. The highest BCUT2D eigenvalue weighted by molar-refractivity contribution is 7.89. The molecular formula is C25H26ClN3O5S. The van der Waals surface area contributed by atoms with Gasteiger partial charge in [0.25, 0.3) is 0 Å². The number of benzene rings is 2. The number of oxazole rings is 1. The summed E-state index contributed by atoms with van der Waals surface area (Å²) in [5.74, 6) is -1.42. The molecule has 3 aromatic rings. The third-order valence-corrected chi connectivity index (χ3v) is 9.27. The normalized spacial score (nSPS) is 20.9. The maximum atomic E-state index is 14.0. The highest BCUT2D eigenvalue weighted by atomic mass is 35.5. The lowest BCUT2D eigenvalue weighted by Gasteiger charge is -2.36. The van der Waals surface area contributed by atoms with E-state index in [4.69, 9.17) is 16.0 Å². The molecule has 1 saturated carbocycles. The molecule has 35 heavy (non-hydrogen) atoms. The molecule has 1 aliphatic heterocycles. The lowest BCUT2D eigenvalue weighted by molar-refractivity contribution is 0.0663. The number of fused-ring (bicyclic) bond motifs is 1. The van der Waals surface area contributed by atoms with Crippen molar-refractivity contribution in [2.45, 2.75) is 43.0 Å². The van der Waals surface area contributed by atoms with Crippen molar-refractivity contribution < 1.29 is 22.7 Å². The monoisotopic (exact) mass is 515 g/mol. The van der Waals surface area contributed by atoms with Crippen LogP contribution < -0.4 is 4.90 Å². The Kier molecular flexibility index (Phi) is 6.33. The summed E-state index contributed by atoms with van der Waals surface area (Å²) in [6, 6.07) is 12.5. The van der Waals surface area contributed by atoms with Gasteiger partial charge in [0.05, 0.1) is 22.5 Å². The number of aromatic nitrogens is 1. The van der Waals surface area contributed by atoms with Gasteiger partial charge in [-0.15, -0.1) is 0 Å². The zero-order valence-electron chi connectivity index (χ0n) is 19.2. The maximum absolute atomic E-state index is 14.0. The van der Waals surface area contributed by atoms with E-state index in [1.165, 1.54) is 16.8 Å². The molecule has 8 nitrogen and oxygen atoms in total. The van der Waals surface area contributed by atoms with Crippen molar-refractivity contribution >= 4 is 39.0 Å². The van der Waals surface area contributed by atoms with Gasteiger partial charge < -0.3 is 14.4 Å². The maximum Gasteiger partial charge on any atom is 0.373 e. The SMILES string of the molecule is CN1[C@H](C2CCCCC2)CN(c2ccccc2)c2cc(Cl)c(-c3ncc(C(=O)O)o3)cc2S1(=O)=O. The molecule has 1 aromatic heterocycles. The van der Waals surface area contributed by atoms with E-state index >= 15 is 0 Å². The van der Waals surface area contributed by atoms with Crippen molar-refractivity contribution in [3.8, 4) is 11.5 Å². The molecule has 1 atom stereocenters. The van der Waals surface area contributed by atoms with E-state index in [-0.39, 0.29) is 39.1 Å². The van der Waals surface area contributed by atoms with Crippen molar-refractivity contribution in [3.63, 3.8) is 0 Å². The van der Waals surface area contributed by atoms with Crippen LogP contribution in [0, 0.1) is 5.92 Å². The first-order valence-electron chi connectivity index (χ1n) is 11.6. The van der Waals surface area contributed by atoms with E-state index in [0.717, 1.165) is 37.6 Å². The average molecular weight is 516 g/mol. The van der Waals surface area contributed by atoms with E-state index in [1.807, 2.05) is 35.2 Å². The quantitative estimate of drug-likeness (QED) is 0.495. The first kappa shape index (κ1) is 23.8. The molecular weight excluding hydrogens is 490 g/mol. The van der Waals surface area contributed by atoms with Crippen molar-refractivity contribution in [1.29, 1.82) is 0 Å². The van der Waals surface area contributed by atoms with Gasteiger partial charge in [-0.25, -0.2) is 18.2 Å². The molecule has 2 aromatic carbocycles. The Hall–Kier alpha value is -2.88. The zero-order valence-corrected chi connectivity index (χ0v) is 20.8. The van der Waals surface area contributed by atoms with Gasteiger partial charge in [-0.2, -0.15) is 4.31 Å². The van der Waals surface area contributed by atoms with Crippen LogP contribution in [0.15, 0.2) is 58.0 Å². The van der Waals surface area contributed by atoms with Gasteiger partial charge in [-0.05, 0) is 43.0 Å². The van der Waals surface area contributed by atoms with E-state index in [2.05, 4.69) is 4.98 Å². The van der Waals surface area contributed by atoms with Crippen LogP contribution in [0.2, 0.25) is 5.02 Å². The first-order chi connectivity index (χ1) is 16.8. The number of para-hydroxylation sites is 1. The second-order valence-corrected chi connectivity index (χ2v) is 11.4. The molecule has 0 amide bonds. The lowest BCUT2D eigenvalue weighted by Crippen LogP contribution is -2.46. The Morgan fingerprint density at radius 3 is 2.51 bits per heavy atom. The van der Waals surface area contributed by atoms with Crippen LogP contribution >= 0.6 is 11.6 Å². The van der Waals surface area contributed by atoms with Crippen LogP contribution in [-0.2, 0) is 10.0 Å². The van der Waals surface area contributed by atoms with Gasteiger partial charge in [-0.1, -0.05) is 49.1 Å². The van der Waals surface area contributed by atoms with Gasteiger partial charge in [-0.3, -0.25) is 0 Å². The van der Waals surface area contributed by atoms with Crippen LogP contribution in [0.3, 0.4) is 0 Å². The summed E-state index contributed by atoms with van der Waals surface area (Å²) in [5.41, 5.74) is 1.56. The van der Waals surface area contributed by atoms with Gasteiger partial charge in [0.15, 0.2) is 0 Å². The summed E-state index contributed by atoms with van der Waals surface area (Å²) in [6.07, 6.45) is 6.43. The number of nitrogens with zero attached hydrogens (tertiary/aromatic N) is 3. The molecule has 2 aliphatic rings.